The van der Waals surface area contributed by atoms with Crippen LogP contribution in [0.1, 0.15) is 24.0 Å². The zero-order valence-corrected chi connectivity index (χ0v) is 12.3. The standard InChI is InChI=1S/C17H17BrO/c18-15-9-5-4-6-13(15)12-16(19)17(10-11-17)14-7-2-1-3-8-14/h1-9,16,19H,10-12H2. The quantitative estimate of drug-likeness (QED) is 0.901. The van der Waals surface area contributed by atoms with Crippen LogP contribution in [0, 0.1) is 0 Å². The number of benzene rings is 2. The summed E-state index contributed by atoms with van der Waals surface area (Å²) in [5.41, 5.74) is 2.43. The Morgan fingerprint density at radius 3 is 2.26 bits per heavy atom. The second-order valence-electron chi connectivity index (χ2n) is 5.33. The minimum atomic E-state index is -0.311. The summed E-state index contributed by atoms with van der Waals surface area (Å²) in [5, 5.41) is 10.6. The van der Waals surface area contributed by atoms with Crippen LogP contribution in [0.2, 0.25) is 0 Å². The molecule has 1 atom stereocenters. The van der Waals surface area contributed by atoms with Crippen molar-refractivity contribution in [1.29, 1.82) is 0 Å². The van der Waals surface area contributed by atoms with Gasteiger partial charge in [0.2, 0.25) is 0 Å². The first-order chi connectivity index (χ1) is 9.22. The molecular formula is C17H17BrO. The van der Waals surface area contributed by atoms with Gasteiger partial charge in [-0.05, 0) is 30.0 Å². The van der Waals surface area contributed by atoms with E-state index in [0.717, 1.165) is 17.3 Å². The molecule has 0 spiro atoms. The van der Waals surface area contributed by atoms with Crippen molar-refractivity contribution in [2.24, 2.45) is 0 Å². The third-order valence-electron chi connectivity index (χ3n) is 4.15. The maximum atomic E-state index is 10.6. The van der Waals surface area contributed by atoms with Gasteiger partial charge >= 0.3 is 0 Å². The summed E-state index contributed by atoms with van der Waals surface area (Å²) < 4.78 is 1.08. The molecule has 19 heavy (non-hydrogen) atoms. The van der Waals surface area contributed by atoms with Gasteiger partial charge in [-0.2, -0.15) is 0 Å². The molecule has 0 saturated heterocycles. The topological polar surface area (TPSA) is 20.2 Å². The maximum Gasteiger partial charge on any atom is 0.0677 e. The van der Waals surface area contributed by atoms with Crippen LogP contribution in [0.5, 0.6) is 0 Å². The Morgan fingerprint density at radius 2 is 1.63 bits per heavy atom. The molecule has 1 N–H and O–H groups in total. The van der Waals surface area contributed by atoms with Crippen LogP contribution in [0.25, 0.3) is 0 Å². The molecule has 0 aliphatic heterocycles. The molecule has 0 bridgehead atoms. The van der Waals surface area contributed by atoms with Crippen LogP contribution in [0.3, 0.4) is 0 Å². The van der Waals surface area contributed by atoms with E-state index in [2.05, 4.69) is 46.3 Å². The monoisotopic (exact) mass is 316 g/mol. The number of halogens is 1. The third-order valence-corrected chi connectivity index (χ3v) is 4.92. The summed E-state index contributed by atoms with van der Waals surface area (Å²) in [4.78, 5) is 0. The molecule has 0 heterocycles. The maximum absolute atomic E-state index is 10.6. The number of hydrogen-bond acceptors (Lipinski definition) is 1. The fourth-order valence-corrected chi connectivity index (χ4v) is 3.23. The zero-order valence-electron chi connectivity index (χ0n) is 10.7. The molecule has 1 nitrogen and oxygen atoms in total. The lowest BCUT2D eigenvalue weighted by Crippen LogP contribution is -2.28. The second kappa shape index (κ2) is 5.10. The molecule has 98 valence electrons. The van der Waals surface area contributed by atoms with Crippen LogP contribution in [-0.2, 0) is 11.8 Å². The van der Waals surface area contributed by atoms with E-state index < -0.39 is 0 Å². The van der Waals surface area contributed by atoms with Gasteiger partial charge in [0, 0.05) is 16.3 Å². The molecule has 0 amide bonds. The van der Waals surface area contributed by atoms with Gasteiger partial charge in [0.05, 0.1) is 6.10 Å². The third kappa shape index (κ3) is 2.47. The first kappa shape index (κ1) is 12.9. The Morgan fingerprint density at radius 1 is 1.00 bits per heavy atom. The highest BCUT2D eigenvalue weighted by Crippen LogP contribution is 2.51. The second-order valence-corrected chi connectivity index (χ2v) is 6.19. The first-order valence-corrected chi connectivity index (χ1v) is 7.49. The molecule has 1 aliphatic carbocycles. The van der Waals surface area contributed by atoms with Crippen molar-refractivity contribution >= 4 is 15.9 Å². The lowest BCUT2D eigenvalue weighted by Gasteiger charge is -2.23. The van der Waals surface area contributed by atoms with Gasteiger partial charge < -0.3 is 5.11 Å². The van der Waals surface area contributed by atoms with Crippen molar-refractivity contribution in [3.8, 4) is 0 Å². The lowest BCUT2D eigenvalue weighted by atomic mass is 9.86. The average molecular weight is 317 g/mol. The van der Waals surface area contributed by atoms with Gasteiger partial charge in [-0.15, -0.1) is 0 Å². The van der Waals surface area contributed by atoms with Gasteiger partial charge in [0.1, 0.15) is 0 Å². The lowest BCUT2D eigenvalue weighted by molar-refractivity contribution is 0.131. The molecule has 1 saturated carbocycles. The smallest absolute Gasteiger partial charge is 0.0677 e. The molecule has 1 fully saturated rings. The summed E-state index contributed by atoms with van der Waals surface area (Å²) in [6.45, 7) is 0. The highest BCUT2D eigenvalue weighted by Gasteiger charge is 2.49. The zero-order chi connectivity index (χ0) is 13.3. The average Bonchev–Trinajstić information content (AvgIpc) is 3.24. The molecule has 2 aromatic rings. The molecule has 3 rings (SSSR count). The van der Waals surface area contributed by atoms with E-state index in [1.165, 1.54) is 11.1 Å². The Hall–Kier alpha value is -1.12. The van der Waals surface area contributed by atoms with Gasteiger partial charge in [0.15, 0.2) is 0 Å². The van der Waals surface area contributed by atoms with Crippen LogP contribution in [0.4, 0.5) is 0 Å². The van der Waals surface area contributed by atoms with Crippen LogP contribution in [-0.4, -0.2) is 11.2 Å². The fraction of sp³-hybridized carbons (Fsp3) is 0.294. The summed E-state index contributed by atoms with van der Waals surface area (Å²) in [6.07, 6.45) is 2.57. The van der Waals surface area contributed by atoms with E-state index in [9.17, 15) is 5.11 Å². The Labute approximate surface area is 122 Å². The van der Waals surface area contributed by atoms with Gasteiger partial charge in [-0.3, -0.25) is 0 Å². The van der Waals surface area contributed by atoms with E-state index in [0.29, 0.717) is 6.42 Å². The minimum Gasteiger partial charge on any atom is -0.392 e. The van der Waals surface area contributed by atoms with E-state index >= 15 is 0 Å². The van der Waals surface area contributed by atoms with E-state index in [4.69, 9.17) is 0 Å². The molecule has 0 radical (unpaired) electrons. The van der Waals surface area contributed by atoms with Gasteiger partial charge in [-0.1, -0.05) is 64.5 Å². The molecular weight excluding hydrogens is 300 g/mol. The minimum absolute atomic E-state index is 0.0173. The summed E-state index contributed by atoms with van der Waals surface area (Å²) in [7, 11) is 0. The summed E-state index contributed by atoms with van der Waals surface area (Å²) in [5.74, 6) is 0. The molecule has 1 aliphatic rings. The Balaban J connectivity index is 1.82. The van der Waals surface area contributed by atoms with Crippen molar-refractivity contribution in [3.05, 3.63) is 70.2 Å². The van der Waals surface area contributed by atoms with E-state index in [1.54, 1.807) is 0 Å². The van der Waals surface area contributed by atoms with Gasteiger partial charge in [-0.25, -0.2) is 0 Å². The van der Waals surface area contributed by atoms with E-state index in [-0.39, 0.29) is 11.5 Å². The fourth-order valence-electron chi connectivity index (χ4n) is 2.79. The molecule has 0 aromatic heterocycles. The van der Waals surface area contributed by atoms with Crippen LogP contribution < -0.4 is 0 Å². The van der Waals surface area contributed by atoms with Crippen molar-refractivity contribution in [2.45, 2.75) is 30.8 Å². The summed E-state index contributed by atoms with van der Waals surface area (Å²) >= 11 is 3.56. The highest BCUT2D eigenvalue weighted by atomic mass is 79.9. The SMILES string of the molecule is OC(Cc1ccccc1Br)C1(c2ccccc2)CC1. The number of aliphatic hydroxyl groups is 1. The first-order valence-electron chi connectivity index (χ1n) is 6.69. The normalized spacial score (nSPS) is 18.0. The molecule has 2 heteroatoms. The largest absolute Gasteiger partial charge is 0.392 e. The predicted molar refractivity (Wildman–Crippen MR) is 81.2 cm³/mol. The van der Waals surface area contributed by atoms with Crippen LogP contribution in [0.15, 0.2) is 59.1 Å². The number of hydrogen-bond donors (Lipinski definition) is 1. The highest BCUT2D eigenvalue weighted by molar-refractivity contribution is 9.10. The van der Waals surface area contributed by atoms with E-state index in [1.807, 2.05) is 24.3 Å². The van der Waals surface area contributed by atoms with Crippen molar-refractivity contribution < 1.29 is 5.11 Å². The Bertz CT molecular complexity index is 560. The summed E-state index contributed by atoms with van der Waals surface area (Å²) in [6, 6.07) is 18.5. The van der Waals surface area contributed by atoms with Crippen molar-refractivity contribution in [2.75, 3.05) is 0 Å². The van der Waals surface area contributed by atoms with Crippen LogP contribution >= 0.6 is 15.9 Å². The number of rotatable bonds is 4. The van der Waals surface area contributed by atoms with Crippen molar-refractivity contribution in [3.63, 3.8) is 0 Å². The van der Waals surface area contributed by atoms with Gasteiger partial charge in [0.25, 0.3) is 0 Å². The predicted octanol–water partition coefficient (Wildman–Crippen LogP) is 4.08. The Kier molecular flexibility index (Phi) is 3.46. The van der Waals surface area contributed by atoms with Crippen molar-refractivity contribution in [1.82, 2.24) is 0 Å². The number of aliphatic hydroxyl groups excluding tert-OH is 1. The molecule has 2 aromatic carbocycles. The molecule has 1 unspecified atom stereocenters.